The minimum Gasteiger partial charge on any atom is -0.491 e. The molecule has 1 aromatic rings. The Morgan fingerprint density at radius 3 is 2.85 bits per heavy atom. The number of aliphatic hydroxyl groups excluding tert-OH is 1. The number of benzene rings is 1. The van der Waals surface area contributed by atoms with Crippen molar-refractivity contribution in [3.8, 4) is 5.75 Å². The summed E-state index contributed by atoms with van der Waals surface area (Å²) in [6.45, 7) is 0.287. The molecule has 1 aliphatic carbocycles. The van der Waals surface area contributed by atoms with Crippen LogP contribution in [0.1, 0.15) is 37.7 Å². The van der Waals surface area contributed by atoms with Crippen molar-refractivity contribution in [2.75, 3.05) is 18.5 Å². The number of nitrogens with zero attached hydrogens (tertiary/aromatic N) is 1. The summed E-state index contributed by atoms with van der Waals surface area (Å²) in [5.41, 5.74) is 1.74. The molecule has 0 atom stereocenters. The van der Waals surface area contributed by atoms with Gasteiger partial charge < -0.3 is 15.2 Å². The highest BCUT2D eigenvalue weighted by molar-refractivity contribution is 6.34. The van der Waals surface area contributed by atoms with E-state index in [1.54, 1.807) is 6.34 Å². The van der Waals surface area contributed by atoms with Gasteiger partial charge in [0, 0.05) is 5.56 Å². The van der Waals surface area contributed by atoms with Crippen molar-refractivity contribution < 1.29 is 9.84 Å². The molecule has 0 bridgehead atoms. The average molecular weight is 295 g/mol. The zero-order valence-electron chi connectivity index (χ0n) is 11.4. The van der Waals surface area contributed by atoms with Gasteiger partial charge >= 0.3 is 0 Å². The van der Waals surface area contributed by atoms with Crippen LogP contribution < -0.4 is 10.1 Å². The number of fused-ring (bicyclic) bond motifs is 2. The molecule has 3 rings (SSSR count). The number of hydrogen-bond acceptors (Lipinski definition) is 4. The van der Waals surface area contributed by atoms with E-state index >= 15 is 0 Å². The number of nitrogens with one attached hydrogen (secondary N) is 1. The first-order valence-corrected chi connectivity index (χ1v) is 7.51. The van der Waals surface area contributed by atoms with Crippen LogP contribution in [0.3, 0.4) is 0 Å². The van der Waals surface area contributed by atoms with Crippen molar-refractivity contribution in [3.05, 3.63) is 22.7 Å². The number of hydrogen-bond donors (Lipinski definition) is 2. The number of halogens is 1. The maximum Gasteiger partial charge on any atom is 0.127 e. The number of aliphatic imine (C=N–C) groups is 1. The fourth-order valence-electron chi connectivity index (χ4n) is 3.24. The summed E-state index contributed by atoms with van der Waals surface area (Å²) in [6.07, 6.45) is 7.40. The van der Waals surface area contributed by atoms with Gasteiger partial charge in [0.15, 0.2) is 0 Å². The SMILES string of the molecule is OCCOc1ccc(Cl)c2c1C1(CCCCC1)N=CN2. The highest BCUT2D eigenvalue weighted by Crippen LogP contribution is 2.50. The molecule has 0 unspecified atom stereocenters. The van der Waals surface area contributed by atoms with E-state index in [9.17, 15) is 0 Å². The number of ether oxygens (including phenoxy) is 1. The molecule has 1 fully saturated rings. The highest BCUT2D eigenvalue weighted by atomic mass is 35.5. The summed E-state index contributed by atoms with van der Waals surface area (Å²) in [4.78, 5) is 4.73. The van der Waals surface area contributed by atoms with Gasteiger partial charge in [0.05, 0.1) is 29.2 Å². The maximum absolute atomic E-state index is 8.99. The lowest BCUT2D eigenvalue weighted by molar-refractivity contribution is 0.195. The van der Waals surface area contributed by atoms with Gasteiger partial charge in [-0.25, -0.2) is 0 Å². The van der Waals surface area contributed by atoms with Gasteiger partial charge in [0.25, 0.3) is 0 Å². The molecule has 0 radical (unpaired) electrons. The summed E-state index contributed by atoms with van der Waals surface area (Å²) < 4.78 is 5.71. The molecule has 1 aliphatic heterocycles. The van der Waals surface area contributed by atoms with Crippen LogP contribution in [0.5, 0.6) is 5.75 Å². The Labute approximate surface area is 123 Å². The van der Waals surface area contributed by atoms with E-state index in [0.29, 0.717) is 5.02 Å². The molecular formula is C15H19ClN2O2. The molecule has 4 nitrogen and oxygen atoms in total. The molecule has 5 heteroatoms. The van der Waals surface area contributed by atoms with Crippen LogP contribution in [0.2, 0.25) is 5.02 Å². The molecule has 1 aromatic carbocycles. The Balaban J connectivity index is 2.08. The van der Waals surface area contributed by atoms with Crippen molar-refractivity contribution in [1.82, 2.24) is 0 Å². The highest BCUT2D eigenvalue weighted by Gasteiger charge is 2.40. The summed E-state index contributed by atoms with van der Waals surface area (Å²) in [6, 6.07) is 3.71. The van der Waals surface area contributed by atoms with Gasteiger partial charge in [-0.2, -0.15) is 0 Å². The average Bonchev–Trinajstić information content (AvgIpc) is 2.48. The zero-order valence-corrected chi connectivity index (χ0v) is 12.1. The fraction of sp³-hybridized carbons (Fsp3) is 0.533. The summed E-state index contributed by atoms with van der Waals surface area (Å²) in [7, 11) is 0. The van der Waals surface area contributed by atoms with E-state index in [2.05, 4.69) is 5.32 Å². The predicted octanol–water partition coefficient (Wildman–Crippen LogP) is 3.32. The lowest BCUT2D eigenvalue weighted by Gasteiger charge is -2.38. The third kappa shape index (κ3) is 2.27. The molecule has 1 spiro atoms. The summed E-state index contributed by atoms with van der Waals surface area (Å²) in [5, 5.41) is 12.8. The van der Waals surface area contributed by atoms with Crippen molar-refractivity contribution in [1.29, 1.82) is 0 Å². The first-order valence-electron chi connectivity index (χ1n) is 7.14. The first-order chi connectivity index (χ1) is 9.77. The van der Waals surface area contributed by atoms with E-state index in [4.69, 9.17) is 26.4 Å². The zero-order chi connectivity index (χ0) is 14.0. The van der Waals surface area contributed by atoms with E-state index in [0.717, 1.165) is 29.8 Å². The molecule has 0 amide bonds. The van der Waals surface area contributed by atoms with Crippen molar-refractivity contribution in [2.24, 2.45) is 4.99 Å². The van der Waals surface area contributed by atoms with E-state index in [1.165, 1.54) is 19.3 Å². The Morgan fingerprint density at radius 1 is 1.30 bits per heavy atom. The topological polar surface area (TPSA) is 53.9 Å². The van der Waals surface area contributed by atoms with E-state index in [1.807, 2.05) is 12.1 Å². The van der Waals surface area contributed by atoms with Crippen LogP contribution in [-0.4, -0.2) is 24.7 Å². The van der Waals surface area contributed by atoms with Gasteiger partial charge in [0.2, 0.25) is 0 Å². The van der Waals surface area contributed by atoms with E-state index < -0.39 is 0 Å². The summed E-state index contributed by atoms with van der Waals surface area (Å²) >= 11 is 6.32. The van der Waals surface area contributed by atoms with Gasteiger partial charge in [-0.15, -0.1) is 0 Å². The van der Waals surface area contributed by atoms with Crippen LogP contribution in [0.4, 0.5) is 5.69 Å². The van der Waals surface area contributed by atoms with Crippen LogP contribution in [0, 0.1) is 0 Å². The standard InChI is InChI=1S/C15H19ClN2O2/c16-11-4-5-12(20-9-8-19)13-14(11)17-10-18-15(13)6-2-1-3-7-15/h4-5,10,19H,1-3,6-9H2,(H,17,18). The Bertz CT molecular complexity index is 525. The number of anilines is 1. The largest absolute Gasteiger partial charge is 0.491 e. The second kappa shape index (κ2) is 5.62. The van der Waals surface area contributed by atoms with Crippen molar-refractivity contribution >= 4 is 23.6 Å². The third-order valence-electron chi connectivity index (χ3n) is 4.13. The quantitative estimate of drug-likeness (QED) is 0.899. The lowest BCUT2D eigenvalue weighted by Crippen LogP contribution is -2.32. The van der Waals surface area contributed by atoms with Gasteiger partial charge in [-0.05, 0) is 25.0 Å². The minimum absolute atomic E-state index is 0.00109. The second-order valence-electron chi connectivity index (χ2n) is 5.36. The molecule has 2 aliphatic rings. The van der Waals surface area contributed by atoms with Crippen LogP contribution >= 0.6 is 11.6 Å². The number of aliphatic hydroxyl groups is 1. The van der Waals surface area contributed by atoms with Crippen molar-refractivity contribution in [2.45, 2.75) is 37.6 Å². The monoisotopic (exact) mass is 294 g/mol. The van der Waals surface area contributed by atoms with E-state index in [-0.39, 0.29) is 18.8 Å². The molecule has 0 aromatic heterocycles. The molecule has 1 heterocycles. The Morgan fingerprint density at radius 2 is 2.10 bits per heavy atom. The second-order valence-corrected chi connectivity index (χ2v) is 5.77. The van der Waals surface area contributed by atoms with Crippen LogP contribution in [-0.2, 0) is 5.54 Å². The van der Waals surface area contributed by atoms with Crippen LogP contribution in [0.15, 0.2) is 17.1 Å². The molecule has 20 heavy (non-hydrogen) atoms. The minimum atomic E-state index is -0.214. The molecular weight excluding hydrogens is 276 g/mol. The third-order valence-corrected chi connectivity index (χ3v) is 4.45. The van der Waals surface area contributed by atoms with Gasteiger partial charge in [-0.1, -0.05) is 30.9 Å². The Hall–Kier alpha value is -1.26. The molecule has 1 saturated carbocycles. The fourth-order valence-corrected chi connectivity index (χ4v) is 3.45. The van der Waals surface area contributed by atoms with Gasteiger partial charge in [0.1, 0.15) is 12.4 Å². The predicted molar refractivity (Wildman–Crippen MR) is 80.9 cm³/mol. The molecule has 108 valence electrons. The smallest absolute Gasteiger partial charge is 0.127 e. The normalized spacial score (nSPS) is 19.5. The van der Waals surface area contributed by atoms with Gasteiger partial charge in [-0.3, -0.25) is 4.99 Å². The first kappa shape index (κ1) is 13.7. The molecule has 2 N–H and O–H groups in total. The maximum atomic E-state index is 8.99. The molecule has 0 saturated heterocycles. The lowest BCUT2D eigenvalue weighted by atomic mass is 9.75. The summed E-state index contributed by atoms with van der Waals surface area (Å²) in [5.74, 6) is 0.782. The van der Waals surface area contributed by atoms with Crippen LogP contribution in [0.25, 0.3) is 0 Å². The number of rotatable bonds is 3. The van der Waals surface area contributed by atoms with Crippen molar-refractivity contribution in [3.63, 3.8) is 0 Å². The Kier molecular flexibility index (Phi) is 3.85.